The highest BCUT2D eigenvalue weighted by molar-refractivity contribution is 5.54. The predicted molar refractivity (Wildman–Crippen MR) is 147 cm³/mol. The van der Waals surface area contributed by atoms with Gasteiger partial charge >= 0.3 is 0 Å². The van der Waals surface area contributed by atoms with Crippen LogP contribution in [0.15, 0.2) is 24.3 Å². The molecule has 2 aromatic carbocycles. The second kappa shape index (κ2) is 12.7. The van der Waals surface area contributed by atoms with Crippen LogP contribution in [0.4, 0.5) is 0 Å². The van der Waals surface area contributed by atoms with Crippen LogP contribution in [0.3, 0.4) is 0 Å². The monoisotopic (exact) mass is 466 g/mol. The molecule has 2 nitrogen and oxygen atoms in total. The fourth-order valence-electron chi connectivity index (χ4n) is 5.24. The molecule has 2 aromatic rings. The normalized spacial score (nSPS) is 12.2. The molecule has 2 rings (SSSR count). The number of phenols is 2. The standard InChI is InChI=1S/C32H50O2/c1-10-11-28(29-18-24(12-20(2)3)16-26(31(29)33)14-22(6)7)30-19-25(13-21(4)5)17-27(32(30)34)15-23(8)9/h16-23,28,33-34H,10-15H2,1-9H3. The van der Waals surface area contributed by atoms with Gasteiger partial charge in [0.1, 0.15) is 11.5 Å². The van der Waals surface area contributed by atoms with Crippen LogP contribution in [-0.2, 0) is 25.7 Å². The van der Waals surface area contributed by atoms with Crippen LogP contribution in [0.2, 0.25) is 0 Å². The van der Waals surface area contributed by atoms with E-state index in [1.54, 1.807) is 0 Å². The van der Waals surface area contributed by atoms with Crippen LogP contribution in [0.25, 0.3) is 0 Å². The van der Waals surface area contributed by atoms with Gasteiger partial charge in [-0.15, -0.1) is 0 Å². The molecule has 0 bridgehead atoms. The molecule has 0 heterocycles. The molecular formula is C32H50O2. The molecule has 0 saturated carbocycles. The second-order valence-electron chi connectivity index (χ2n) is 12.1. The molecule has 0 unspecified atom stereocenters. The largest absolute Gasteiger partial charge is 0.507 e. The molecule has 0 amide bonds. The summed E-state index contributed by atoms with van der Waals surface area (Å²) in [5.74, 6) is 2.89. The average molecular weight is 467 g/mol. The highest BCUT2D eigenvalue weighted by atomic mass is 16.3. The number of phenolic OH excluding ortho intramolecular Hbond substituents is 2. The SMILES string of the molecule is CCCC(c1cc(CC(C)C)cc(CC(C)C)c1O)c1cc(CC(C)C)cc(CC(C)C)c1O. The molecule has 190 valence electrons. The number of benzene rings is 2. The molecule has 0 saturated heterocycles. The average Bonchev–Trinajstić information content (AvgIpc) is 2.69. The minimum Gasteiger partial charge on any atom is -0.507 e. The van der Waals surface area contributed by atoms with Crippen molar-refractivity contribution >= 4 is 0 Å². The third kappa shape index (κ3) is 7.79. The molecule has 0 aliphatic heterocycles. The van der Waals surface area contributed by atoms with Gasteiger partial charge in [0, 0.05) is 17.0 Å². The van der Waals surface area contributed by atoms with Crippen LogP contribution in [0.1, 0.15) is 114 Å². The van der Waals surface area contributed by atoms with Gasteiger partial charge in [-0.25, -0.2) is 0 Å². The van der Waals surface area contributed by atoms with E-state index >= 15 is 0 Å². The maximum Gasteiger partial charge on any atom is 0.122 e. The quantitative estimate of drug-likeness (QED) is 0.328. The highest BCUT2D eigenvalue weighted by Crippen LogP contribution is 2.43. The van der Waals surface area contributed by atoms with Gasteiger partial charge < -0.3 is 10.2 Å². The molecule has 0 atom stereocenters. The molecule has 0 spiro atoms. The first-order valence-corrected chi connectivity index (χ1v) is 13.6. The number of hydrogen-bond acceptors (Lipinski definition) is 2. The van der Waals surface area contributed by atoms with E-state index in [1.807, 2.05) is 0 Å². The maximum atomic E-state index is 11.5. The summed E-state index contributed by atoms with van der Waals surface area (Å²) in [5, 5.41) is 23.0. The van der Waals surface area contributed by atoms with Crippen LogP contribution in [0.5, 0.6) is 11.5 Å². The van der Waals surface area contributed by atoms with Crippen molar-refractivity contribution in [1.82, 2.24) is 0 Å². The van der Waals surface area contributed by atoms with Crippen LogP contribution in [-0.4, -0.2) is 10.2 Å². The lowest BCUT2D eigenvalue weighted by Crippen LogP contribution is -2.09. The molecule has 2 heteroatoms. The van der Waals surface area contributed by atoms with Crippen molar-refractivity contribution in [3.05, 3.63) is 57.6 Å². The van der Waals surface area contributed by atoms with E-state index in [4.69, 9.17) is 0 Å². The summed E-state index contributed by atoms with van der Waals surface area (Å²) in [6, 6.07) is 8.86. The van der Waals surface area contributed by atoms with Crippen LogP contribution >= 0.6 is 0 Å². The Kier molecular flexibility index (Phi) is 10.5. The van der Waals surface area contributed by atoms with E-state index in [2.05, 4.69) is 86.6 Å². The number of rotatable bonds is 12. The summed E-state index contributed by atoms with van der Waals surface area (Å²) in [6.07, 6.45) is 5.61. The Morgan fingerprint density at radius 2 is 0.912 bits per heavy atom. The summed E-state index contributed by atoms with van der Waals surface area (Å²) >= 11 is 0. The fourth-order valence-corrected chi connectivity index (χ4v) is 5.24. The summed E-state index contributed by atoms with van der Waals surface area (Å²) in [6.45, 7) is 20.0. The lowest BCUT2D eigenvalue weighted by Gasteiger charge is -2.25. The second-order valence-corrected chi connectivity index (χ2v) is 12.1. The fraction of sp³-hybridized carbons (Fsp3) is 0.625. The maximum absolute atomic E-state index is 11.5. The van der Waals surface area contributed by atoms with Gasteiger partial charge in [0.15, 0.2) is 0 Å². The van der Waals surface area contributed by atoms with Crippen molar-refractivity contribution in [2.24, 2.45) is 23.7 Å². The van der Waals surface area contributed by atoms with Gasteiger partial charge in [0.25, 0.3) is 0 Å². The van der Waals surface area contributed by atoms with E-state index in [-0.39, 0.29) is 5.92 Å². The number of hydrogen-bond donors (Lipinski definition) is 2. The first kappa shape index (κ1) is 28.3. The van der Waals surface area contributed by atoms with E-state index in [0.29, 0.717) is 35.2 Å². The summed E-state index contributed by atoms with van der Waals surface area (Å²) in [4.78, 5) is 0. The molecule has 0 radical (unpaired) electrons. The van der Waals surface area contributed by atoms with Gasteiger partial charge in [-0.05, 0) is 78.0 Å². The minimum atomic E-state index is -0.0129. The third-order valence-electron chi connectivity index (χ3n) is 6.43. The van der Waals surface area contributed by atoms with Gasteiger partial charge in [-0.2, -0.15) is 0 Å². The summed E-state index contributed by atoms with van der Waals surface area (Å²) in [5.41, 5.74) is 6.65. The van der Waals surface area contributed by atoms with Crippen molar-refractivity contribution in [2.45, 2.75) is 107 Å². The van der Waals surface area contributed by atoms with E-state index in [1.165, 1.54) is 11.1 Å². The number of aromatic hydroxyl groups is 2. The Balaban J connectivity index is 2.75. The van der Waals surface area contributed by atoms with Crippen molar-refractivity contribution in [3.8, 4) is 11.5 Å². The van der Waals surface area contributed by atoms with E-state index in [0.717, 1.165) is 60.8 Å². The summed E-state index contributed by atoms with van der Waals surface area (Å²) < 4.78 is 0. The Bertz CT molecular complexity index is 848. The molecule has 0 aliphatic carbocycles. The zero-order valence-corrected chi connectivity index (χ0v) is 23.3. The lowest BCUT2D eigenvalue weighted by molar-refractivity contribution is 0.437. The lowest BCUT2D eigenvalue weighted by atomic mass is 9.80. The van der Waals surface area contributed by atoms with E-state index < -0.39 is 0 Å². The highest BCUT2D eigenvalue weighted by Gasteiger charge is 2.25. The molecule has 0 aromatic heterocycles. The molecule has 0 fully saturated rings. The van der Waals surface area contributed by atoms with Crippen molar-refractivity contribution in [1.29, 1.82) is 0 Å². The Hall–Kier alpha value is -1.96. The Morgan fingerprint density at radius 3 is 1.21 bits per heavy atom. The minimum absolute atomic E-state index is 0.0129. The molecule has 2 N–H and O–H groups in total. The van der Waals surface area contributed by atoms with Crippen molar-refractivity contribution < 1.29 is 10.2 Å². The van der Waals surface area contributed by atoms with Crippen LogP contribution < -0.4 is 0 Å². The summed E-state index contributed by atoms with van der Waals surface area (Å²) in [7, 11) is 0. The van der Waals surface area contributed by atoms with Gasteiger partial charge in [-0.3, -0.25) is 0 Å². The Labute approximate surface area is 209 Å². The predicted octanol–water partition coefficient (Wildman–Crippen LogP) is 8.82. The van der Waals surface area contributed by atoms with Gasteiger partial charge in [0.05, 0.1) is 0 Å². The van der Waals surface area contributed by atoms with Gasteiger partial charge in [0.2, 0.25) is 0 Å². The first-order chi connectivity index (χ1) is 15.9. The zero-order valence-electron chi connectivity index (χ0n) is 23.3. The van der Waals surface area contributed by atoms with Gasteiger partial charge in [-0.1, -0.05) is 93.0 Å². The molecule has 34 heavy (non-hydrogen) atoms. The topological polar surface area (TPSA) is 40.5 Å². The first-order valence-electron chi connectivity index (χ1n) is 13.6. The Morgan fingerprint density at radius 1 is 0.559 bits per heavy atom. The molecule has 0 aliphatic rings. The molecular weight excluding hydrogens is 416 g/mol. The van der Waals surface area contributed by atoms with E-state index in [9.17, 15) is 10.2 Å². The smallest absolute Gasteiger partial charge is 0.122 e. The zero-order chi connectivity index (χ0) is 25.6. The van der Waals surface area contributed by atoms with Crippen LogP contribution in [0, 0.1) is 23.7 Å². The van der Waals surface area contributed by atoms with Crippen molar-refractivity contribution in [2.75, 3.05) is 0 Å². The van der Waals surface area contributed by atoms with Crippen molar-refractivity contribution in [3.63, 3.8) is 0 Å². The third-order valence-corrected chi connectivity index (χ3v) is 6.43.